The lowest BCUT2D eigenvalue weighted by atomic mass is 9.95. The molecule has 4 nitrogen and oxygen atoms in total. The first-order chi connectivity index (χ1) is 10.2. The summed E-state index contributed by atoms with van der Waals surface area (Å²) in [4.78, 5) is 17.0. The lowest BCUT2D eigenvalue weighted by molar-refractivity contribution is 0.0931. The summed E-state index contributed by atoms with van der Waals surface area (Å²) < 4.78 is 1.10. The standard InChI is InChI=1S/C16H19N3OS/c1-2-15-18-12-5-3-9(7-14(12)21-15)16(20)19-13-8-10-4-6-11(13)17-10/h3,5,7,10-11,13,17H,2,4,6,8H2,1H3,(H,19,20)/t10-,11+,13-/m1/s1. The number of fused-ring (bicyclic) bond motifs is 3. The Labute approximate surface area is 128 Å². The van der Waals surface area contributed by atoms with E-state index in [-0.39, 0.29) is 5.91 Å². The first-order valence-corrected chi connectivity index (χ1v) is 8.51. The van der Waals surface area contributed by atoms with Crippen LogP contribution in [0.3, 0.4) is 0 Å². The van der Waals surface area contributed by atoms with Crippen molar-refractivity contribution >= 4 is 27.5 Å². The largest absolute Gasteiger partial charge is 0.348 e. The fourth-order valence-corrected chi connectivity index (χ4v) is 4.45. The topological polar surface area (TPSA) is 54.0 Å². The molecular formula is C16H19N3OS. The van der Waals surface area contributed by atoms with E-state index in [0.29, 0.717) is 18.1 Å². The van der Waals surface area contributed by atoms with E-state index in [1.165, 1.54) is 12.8 Å². The second-order valence-corrected chi connectivity index (χ2v) is 7.12. The van der Waals surface area contributed by atoms with Crippen molar-refractivity contribution < 1.29 is 4.79 Å². The van der Waals surface area contributed by atoms with E-state index in [4.69, 9.17) is 0 Å². The van der Waals surface area contributed by atoms with E-state index >= 15 is 0 Å². The third-order valence-electron chi connectivity index (χ3n) is 4.61. The molecule has 5 heteroatoms. The third kappa shape index (κ3) is 2.34. The molecule has 2 aliphatic heterocycles. The van der Waals surface area contributed by atoms with E-state index in [9.17, 15) is 4.79 Å². The van der Waals surface area contributed by atoms with Crippen LogP contribution in [0, 0.1) is 0 Å². The van der Waals surface area contributed by atoms with E-state index < -0.39 is 0 Å². The number of benzene rings is 1. The number of aryl methyl sites for hydroxylation is 1. The number of carbonyl (C=O) groups is 1. The van der Waals surface area contributed by atoms with Crippen LogP contribution in [0.25, 0.3) is 10.2 Å². The summed E-state index contributed by atoms with van der Waals surface area (Å²) in [6.07, 6.45) is 4.45. The second kappa shape index (κ2) is 5.07. The van der Waals surface area contributed by atoms with Crippen molar-refractivity contribution in [3.8, 4) is 0 Å². The summed E-state index contributed by atoms with van der Waals surface area (Å²) in [5, 5.41) is 7.87. The minimum atomic E-state index is 0.0442. The van der Waals surface area contributed by atoms with Gasteiger partial charge in [0, 0.05) is 23.7 Å². The molecule has 2 fully saturated rings. The molecule has 2 aliphatic rings. The number of aromatic nitrogens is 1. The van der Waals surface area contributed by atoms with Crippen LogP contribution in [0.15, 0.2) is 18.2 Å². The molecule has 0 saturated carbocycles. The molecule has 1 aromatic carbocycles. The Morgan fingerprint density at radius 1 is 1.48 bits per heavy atom. The Morgan fingerprint density at radius 3 is 3.10 bits per heavy atom. The highest BCUT2D eigenvalue weighted by Crippen LogP contribution is 2.29. The summed E-state index contributed by atoms with van der Waals surface area (Å²) in [7, 11) is 0. The van der Waals surface area contributed by atoms with Gasteiger partial charge in [0.05, 0.1) is 15.2 Å². The van der Waals surface area contributed by atoms with Crippen LogP contribution in [0.1, 0.15) is 41.6 Å². The van der Waals surface area contributed by atoms with Crippen LogP contribution >= 0.6 is 11.3 Å². The minimum Gasteiger partial charge on any atom is -0.348 e. The molecule has 21 heavy (non-hydrogen) atoms. The van der Waals surface area contributed by atoms with Crippen LogP contribution in [0.2, 0.25) is 0 Å². The van der Waals surface area contributed by atoms with Gasteiger partial charge in [-0.25, -0.2) is 4.98 Å². The van der Waals surface area contributed by atoms with Gasteiger partial charge in [0.25, 0.3) is 5.91 Å². The summed E-state index contributed by atoms with van der Waals surface area (Å²) in [5.41, 5.74) is 1.74. The number of nitrogens with zero attached hydrogens (tertiary/aromatic N) is 1. The molecule has 0 radical (unpaired) electrons. The zero-order valence-electron chi connectivity index (χ0n) is 12.1. The predicted molar refractivity (Wildman–Crippen MR) is 84.8 cm³/mol. The van der Waals surface area contributed by atoms with Gasteiger partial charge in [-0.2, -0.15) is 0 Å². The van der Waals surface area contributed by atoms with Crippen molar-refractivity contribution in [3.05, 3.63) is 28.8 Å². The molecule has 2 N–H and O–H groups in total. The van der Waals surface area contributed by atoms with Gasteiger partial charge < -0.3 is 10.6 Å². The zero-order valence-corrected chi connectivity index (χ0v) is 12.9. The smallest absolute Gasteiger partial charge is 0.251 e. The molecule has 0 spiro atoms. The highest BCUT2D eigenvalue weighted by Gasteiger charge is 2.39. The molecule has 2 saturated heterocycles. The third-order valence-corrected chi connectivity index (χ3v) is 5.78. The van der Waals surface area contributed by atoms with E-state index in [0.717, 1.165) is 33.6 Å². The van der Waals surface area contributed by atoms with Gasteiger partial charge in [0.1, 0.15) is 0 Å². The maximum Gasteiger partial charge on any atom is 0.251 e. The van der Waals surface area contributed by atoms with Crippen LogP contribution in [-0.2, 0) is 6.42 Å². The molecule has 110 valence electrons. The van der Waals surface area contributed by atoms with Crippen molar-refractivity contribution in [1.82, 2.24) is 15.6 Å². The van der Waals surface area contributed by atoms with E-state index in [1.807, 2.05) is 18.2 Å². The average molecular weight is 301 g/mol. The molecule has 2 aromatic rings. The normalized spacial score (nSPS) is 27.4. The Kier molecular flexibility index (Phi) is 3.19. The van der Waals surface area contributed by atoms with Crippen LogP contribution in [0.4, 0.5) is 0 Å². The predicted octanol–water partition coefficient (Wildman–Crippen LogP) is 2.48. The molecule has 1 aromatic heterocycles. The number of nitrogens with one attached hydrogen (secondary N) is 2. The summed E-state index contributed by atoms with van der Waals surface area (Å²) in [6.45, 7) is 2.10. The summed E-state index contributed by atoms with van der Waals surface area (Å²) >= 11 is 1.68. The Hall–Kier alpha value is -1.46. The van der Waals surface area contributed by atoms with Gasteiger partial charge in [0.15, 0.2) is 0 Å². The van der Waals surface area contributed by atoms with Crippen molar-refractivity contribution in [2.75, 3.05) is 0 Å². The lowest BCUT2D eigenvalue weighted by Crippen LogP contribution is -2.42. The fourth-order valence-electron chi connectivity index (χ4n) is 3.50. The first kappa shape index (κ1) is 13.2. The number of carbonyl (C=O) groups excluding carboxylic acids is 1. The van der Waals surface area contributed by atoms with Gasteiger partial charge in [-0.1, -0.05) is 6.92 Å². The molecule has 2 bridgehead atoms. The van der Waals surface area contributed by atoms with Crippen molar-refractivity contribution in [2.24, 2.45) is 0 Å². The minimum absolute atomic E-state index is 0.0442. The molecule has 1 amide bonds. The van der Waals surface area contributed by atoms with Gasteiger partial charge in [-0.15, -0.1) is 11.3 Å². The maximum atomic E-state index is 12.4. The van der Waals surface area contributed by atoms with Crippen molar-refractivity contribution in [3.63, 3.8) is 0 Å². The number of hydrogen-bond donors (Lipinski definition) is 2. The Balaban J connectivity index is 1.53. The van der Waals surface area contributed by atoms with Gasteiger partial charge in [0.2, 0.25) is 0 Å². The molecular weight excluding hydrogens is 282 g/mol. The van der Waals surface area contributed by atoms with Crippen LogP contribution < -0.4 is 10.6 Å². The van der Waals surface area contributed by atoms with Crippen molar-refractivity contribution in [2.45, 2.75) is 50.7 Å². The first-order valence-electron chi connectivity index (χ1n) is 7.69. The molecule has 4 rings (SSSR count). The number of amides is 1. The maximum absolute atomic E-state index is 12.4. The zero-order chi connectivity index (χ0) is 14.4. The van der Waals surface area contributed by atoms with Gasteiger partial charge >= 0.3 is 0 Å². The number of rotatable bonds is 3. The summed E-state index contributed by atoms with van der Waals surface area (Å²) in [5.74, 6) is 0.0442. The van der Waals surface area contributed by atoms with Gasteiger partial charge in [-0.3, -0.25) is 4.79 Å². The number of thiazole rings is 1. The summed E-state index contributed by atoms with van der Waals surface area (Å²) in [6, 6.07) is 7.19. The molecule has 3 heterocycles. The Morgan fingerprint density at radius 2 is 2.38 bits per heavy atom. The van der Waals surface area contributed by atoms with Crippen LogP contribution in [0.5, 0.6) is 0 Å². The highest BCUT2D eigenvalue weighted by molar-refractivity contribution is 7.18. The quantitative estimate of drug-likeness (QED) is 0.916. The van der Waals surface area contributed by atoms with E-state index in [2.05, 4.69) is 22.5 Å². The highest BCUT2D eigenvalue weighted by atomic mass is 32.1. The molecule has 0 unspecified atom stereocenters. The number of hydrogen-bond acceptors (Lipinski definition) is 4. The molecule has 0 aliphatic carbocycles. The van der Waals surface area contributed by atoms with Crippen molar-refractivity contribution in [1.29, 1.82) is 0 Å². The fraction of sp³-hybridized carbons (Fsp3) is 0.500. The lowest BCUT2D eigenvalue weighted by Gasteiger charge is -2.21. The van der Waals surface area contributed by atoms with Crippen LogP contribution in [-0.4, -0.2) is 29.0 Å². The van der Waals surface area contributed by atoms with Gasteiger partial charge in [-0.05, 0) is 43.9 Å². The van der Waals surface area contributed by atoms with E-state index in [1.54, 1.807) is 11.3 Å². The Bertz CT molecular complexity index is 696. The molecule has 3 atom stereocenters. The second-order valence-electron chi connectivity index (χ2n) is 6.01. The monoisotopic (exact) mass is 301 g/mol. The SMILES string of the molecule is CCc1nc2ccc(C(=O)N[C@@H]3C[C@H]4CC[C@@H]3N4)cc2s1. The average Bonchev–Trinajstić information content (AvgIpc) is 3.20.